The summed E-state index contributed by atoms with van der Waals surface area (Å²) in [4.78, 5) is 22.4. The van der Waals surface area contributed by atoms with Crippen LogP contribution < -0.4 is 5.32 Å². The van der Waals surface area contributed by atoms with Crippen molar-refractivity contribution in [1.29, 1.82) is 0 Å². The molecule has 104 valence electrons. The largest absolute Gasteiger partial charge is 0.319 e. The van der Waals surface area contributed by atoms with E-state index in [2.05, 4.69) is 26.3 Å². The molecule has 0 aliphatic heterocycles. The molecule has 1 atom stereocenters. The Kier molecular flexibility index (Phi) is 4.14. The van der Waals surface area contributed by atoms with Crippen LogP contribution in [0.15, 0.2) is 41.1 Å². The van der Waals surface area contributed by atoms with Crippen molar-refractivity contribution >= 4 is 33.2 Å². The number of carbonyl (C=O) groups is 1. The van der Waals surface area contributed by atoms with Crippen LogP contribution in [0.1, 0.15) is 13.0 Å². The number of carbonyl (C=O) groups excluding carboxylic acids is 1. The van der Waals surface area contributed by atoms with E-state index in [4.69, 9.17) is 0 Å². The van der Waals surface area contributed by atoms with Crippen molar-refractivity contribution in [3.8, 4) is 0 Å². The molecule has 2 rings (SSSR count). The summed E-state index contributed by atoms with van der Waals surface area (Å²) in [7, 11) is 0. The molecule has 1 N–H and O–H groups in total. The molecule has 7 nitrogen and oxygen atoms in total. The first-order valence-electron chi connectivity index (χ1n) is 5.73. The second-order valence-corrected chi connectivity index (χ2v) is 4.99. The van der Waals surface area contributed by atoms with Gasteiger partial charge in [-0.1, -0.05) is 12.1 Å². The molecule has 0 bridgehead atoms. The second-order valence-electron chi connectivity index (χ2n) is 4.08. The second kappa shape index (κ2) is 5.83. The van der Waals surface area contributed by atoms with Crippen molar-refractivity contribution in [2.75, 3.05) is 5.32 Å². The number of benzene rings is 1. The number of nitro benzene ring substituents is 1. The van der Waals surface area contributed by atoms with E-state index >= 15 is 0 Å². The number of nitrogens with one attached hydrogen (secondary N) is 1. The number of amides is 1. The zero-order valence-corrected chi connectivity index (χ0v) is 12.1. The number of para-hydroxylation sites is 2. The van der Waals surface area contributed by atoms with E-state index in [-0.39, 0.29) is 17.3 Å². The minimum atomic E-state index is -0.582. The van der Waals surface area contributed by atoms with Gasteiger partial charge < -0.3 is 5.32 Å². The lowest BCUT2D eigenvalue weighted by Gasteiger charge is -2.12. The lowest BCUT2D eigenvalue weighted by Crippen LogP contribution is -2.24. The van der Waals surface area contributed by atoms with Gasteiger partial charge in [0.25, 0.3) is 5.69 Å². The van der Waals surface area contributed by atoms with Crippen molar-refractivity contribution in [3.05, 3.63) is 51.2 Å². The summed E-state index contributed by atoms with van der Waals surface area (Å²) < 4.78 is 2.22. The summed E-state index contributed by atoms with van der Waals surface area (Å²) in [5, 5.41) is 17.4. The highest BCUT2D eigenvalue weighted by Crippen LogP contribution is 2.24. The Hall–Kier alpha value is -2.22. The van der Waals surface area contributed by atoms with Gasteiger partial charge in [0, 0.05) is 12.3 Å². The molecule has 1 aromatic carbocycles. The normalized spacial score (nSPS) is 11.9. The van der Waals surface area contributed by atoms with Crippen LogP contribution in [0.2, 0.25) is 0 Å². The molecule has 2 aromatic rings. The Morgan fingerprint density at radius 3 is 2.80 bits per heavy atom. The minimum Gasteiger partial charge on any atom is -0.319 e. The van der Waals surface area contributed by atoms with E-state index < -0.39 is 11.0 Å². The third-order valence-electron chi connectivity index (χ3n) is 2.70. The number of hydrogen-bond acceptors (Lipinski definition) is 4. The van der Waals surface area contributed by atoms with Crippen LogP contribution in [0.4, 0.5) is 11.4 Å². The van der Waals surface area contributed by atoms with Crippen LogP contribution in [0, 0.1) is 10.1 Å². The van der Waals surface area contributed by atoms with Gasteiger partial charge in [-0.15, -0.1) is 0 Å². The highest BCUT2D eigenvalue weighted by molar-refractivity contribution is 9.10. The van der Waals surface area contributed by atoms with E-state index in [0.717, 1.165) is 4.47 Å². The van der Waals surface area contributed by atoms with Crippen molar-refractivity contribution in [3.63, 3.8) is 0 Å². The Morgan fingerprint density at radius 1 is 1.50 bits per heavy atom. The van der Waals surface area contributed by atoms with Crippen molar-refractivity contribution in [2.45, 2.75) is 13.0 Å². The van der Waals surface area contributed by atoms with Gasteiger partial charge in [0.05, 0.1) is 15.6 Å². The molecule has 1 aromatic heterocycles. The standard InChI is InChI=1S/C12H11BrN4O3/c1-8(16-7-9(13)6-14-16)12(18)15-10-4-2-3-5-11(10)17(19)20/h2-8H,1H3,(H,15,18). The molecule has 0 aliphatic carbocycles. The van der Waals surface area contributed by atoms with Crippen molar-refractivity contribution < 1.29 is 9.72 Å². The van der Waals surface area contributed by atoms with Crippen LogP contribution in [0.3, 0.4) is 0 Å². The maximum Gasteiger partial charge on any atom is 0.292 e. The summed E-state index contributed by atoms with van der Waals surface area (Å²) in [5.74, 6) is -0.380. The minimum absolute atomic E-state index is 0.144. The fourth-order valence-electron chi connectivity index (χ4n) is 1.62. The number of nitro groups is 1. The molecule has 0 radical (unpaired) electrons. The molecule has 1 heterocycles. The number of hydrogen-bond donors (Lipinski definition) is 1. The fourth-order valence-corrected chi connectivity index (χ4v) is 1.92. The molecule has 0 fully saturated rings. The lowest BCUT2D eigenvalue weighted by molar-refractivity contribution is -0.383. The zero-order valence-electron chi connectivity index (χ0n) is 10.5. The van der Waals surface area contributed by atoms with Gasteiger partial charge >= 0.3 is 0 Å². The average Bonchev–Trinajstić information content (AvgIpc) is 2.84. The monoisotopic (exact) mass is 338 g/mol. The maximum atomic E-state index is 12.1. The molecule has 0 spiro atoms. The maximum absolute atomic E-state index is 12.1. The predicted molar refractivity (Wildman–Crippen MR) is 76.4 cm³/mol. The molecule has 8 heteroatoms. The summed E-state index contributed by atoms with van der Waals surface area (Å²) in [6.07, 6.45) is 3.22. The fraction of sp³-hybridized carbons (Fsp3) is 0.167. The third kappa shape index (κ3) is 3.02. The van der Waals surface area contributed by atoms with Gasteiger partial charge in [-0.25, -0.2) is 0 Å². The van der Waals surface area contributed by atoms with Gasteiger partial charge in [-0.3, -0.25) is 19.6 Å². The molecular weight excluding hydrogens is 328 g/mol. The van der Waals surface area contributed by atoms with E-state index in [1.54, 1.807) is 31.5 Å². The first kappa shape index (κ1) is 14.2. The Balaban J connectivity index is 2.18. The van der Waals surface area contributed by atoms with Gasteiger partial charge in [0.2, 0.25) is 5.91 Å². The Labute approximate surface area is 122 Å². The highest BCUT2D eigenvalue weighted by atomic mass is 79.9. The van der Waals surface area contributed by atoms with Gasteiger partial charge in [0.1, 0.15) is 11.7 Å². The van der Waals surface area contributed by atoms with E-state index in [9.17, 15) is 14.9 Å². The van der Waals surface area contributed by atoms with E-state index in [1.807, 2.05) is 0 Å². The number of aromatic nitrogens is 2. The molecule has 0 saturated carbocycles. The first-order chi connectivity index (χ1) is 9.49. The zero-order chi connectivity index (χ0) is 14.7. The van der Waals surface area contributed by atoms with Crippen LogP contribution in [-0.2, 0) is 4.79 Å². The van der Waals surface area contributed by atoms with Gasteiger partial charge in [0.15, 0.2) is 0 Å². The molecule has 1 unspecified atom stereocenters. The number of rotatable bonds is 4. The quantitative estimate of drug-likeness (QED) is 0.685. The molecule has 1 amide bonds. The topological polar surface area (TPSA) is 90.1 Å². The number of anilines is 1. The number of nitrogens with zero attached hydrogens (tertiary/aromatic N) is 3. The van der Waals surface area contributed by atoms with Gasteiger partial charge in [-0.2, -0.15) is 5.10 Å². The van der Waals surface area contributed by atoms with Crippen molar-refractivity contribution in [2.24, 2.45) is 0 Å². The lowest BCUT2D eigenvalue weighted by atomic mass is 10.2. The Bertz CT molecular complexity index is 656. The van der Waals surface area contributed by atoms with Crippen LogP contribution in [0.5, 0.6) is 0 Å². The molecule has 0 saturated heterocycles. The Morgan fingerprint density at radius 2 is 2.20 bits per heavy atom. The number of halogens is 1. The molecule has 20 heavy (non-hydrogen) atoms. The summed E-state index contributed by atoms with van der Waals surface area (Å²) >= 11 is 3.24. The smallest absolute Gasteiger partial charge is 0.292 e. The van der Waals surface area contributed by atoms with E-state index in [0.29, 0.717) is 0 Å². The highest BCUT2D eigenvalue weighted by Gasteiger charge is 2.20. The SMILES string of the molecule is CC(C(=O)Nc1ccccc1[N+](=O)[O-])n1cc(Br)cn1. The van der Waals surface area contributed by atoms with Gasteiger partial charge in [-0.05, 0) is 28.9 Å². The van der Waals surface area contributed by atoms with Crippen LogP contribution in [-0.4, -0.2) is 20.6 Å². The van der Waals surface area contributed by atoms with E-state index in [1.165, 1.54) is 16.8 Å². The summed E-state index contributed by atoms with van der Waals surface area (Å²) in [6, 6.07) is 5.41. The van der Waals surface area contributed by atoms with Crippen LogP contribution >= 0.6 is 15.9 Å². The summed E-state index contributed by atoms with van der Waals surface area (Å²) in [5.41, 5.74) is 0.0234. The summed E-state index contributed by atoms with van der Waals surface area (Å²) in [6.45, 7) is 1.66. The molecule has 0 aliphatic rings. The third-order valence-corrected chi connectivity index (χ3v) is 3.11. The first-order valence-corrected chi connectivity index (χ1v) is 6.52. The molecular formula is C12H11BrN4O3. The van der Waals surface area contributed by atoms with Crippen LogP contribution in [0.25, 0.3) is 0 Å². The van der Waals surface area contributed by atoms with Crippen molar-refractivity contribution in [1.82, 2.24) is 9.78 Å². The average molecular weight is 339 g/mol. The predicted octanol–water partition coefficient (Wildman–Crippen LogP) is 2.75.